The number of amides is 2. The van der Waals surface area contributed by atoms with Crippen LogP contribution in [0.5, 0.6) is 0 Å². The number of benzene rings is 1. The second kappa shape index (κ2) is 8.85. The van der Waals surface area contributed by atoms with Crippen LogP contribution < -0.4 is 0 Å². The Morgan fingerprint density at radius 1 is 1.22 bits per heavy atom. The van der Waals surface area contributed by atoms with Gasteiger partial charge < -0.3 is 19.6 Å². The van der Waals surface area contributed by atoms with Gasteiger partial charge in [-0.05, 0) is 18.4 Å². The molecule has 6 heteroatoms. The van der Waals surface area contributed by atoms with Gasteiger partial charge in [-0.15, -0.1) is 0 Å². The van der Waals surface area contributed by atoms with Crippen LogP contribution >= 0.6 is 0 Å². The Bertz CT molecular complexity index is 647. The number of ether oxygens (including phenoxy) is 1. The van der Waals surface area contributed by atoms with Crippen molar-refractivity contribution in [2.45, 2.75) is 44.2 Å². The predicted molar refractivity (Wildman–Crippen MR) is 102 cm³/mol. The molecule has 27 heavy (non-hydrogen) atoms. The quantitative estimate of drug-likeness (QED) is 0.751. The highest BCUT2D eigenvalue weighted by atomic mass is 16.5. The Morgan fingerprint density at radius 2 is 1.93 bits per heavy atom. The predicted octanol–water partition coefficient (Wildman–Crippen LogP) is 1.64. The number of carbonyl (C=O) groups is 2. The highest BCUT2D eigenvalue weighted by Gasteiger charge is 2.53. The maximum absolute atomic E-state index is 13.0. The molecule has 0 bridgehead atoms. The zero-order valence-electron chi connectivity index (χ0n) is 16.2. The van der Waals surface area contributed by atoms with E-state index in [4.69, 9.17) is 4.74 Å². The van der Waals surface area contributed by atoms with E-state index in [-0.39, 0.29) is 42.3 Å². The third-order valence-electron chi connectivity index (χ3n) is 6.04. The molecule has 148 valence electrons. The van der Waals surface area contributed by atoms with E-state index < -0.39 is 0 Å². The van der Waals surface area contributed by atoms with E-state index in [2.05, 4.69) is 0 Å². The zero-order valence-corrected chi connectivity index (χ0v) is 16.2. The second-order valence-electron chi connectivity index (χ2n) is 7.58. The van der Waals surface area contributed by atoms with Crippen molar-refractivity contribution >= 4 is 11.8 Å². The summed E-state index contributed by atoms with van der Waals surface area (Å²) in [4.78, 5) is 28.7. The van der Waals surface area contributed by atoms with Crippen molar-refractivity contribution in [3.8, 4) is 0 Å². The molecule has 3 rings (SSSR count). The van der Waals surface area contributed by atoms with Crippen LogP contribution in [-0.2, 0) is 14.3 Å². The van der Waals surface area contributed by atoms with Gasteiger partial charge in [-0.1, -0.05) is 36.8 Å². The topological polar surface area (TPSA) is 70.1 Å². The van der Waals surface area contributed by atoms with Gasteiger partial charge in [0.15, 0.2) is 0 Å². The minimum absolute atomic E-state index is 0.0256. The first-order valence-electron chi connectivity index (χ1n) is 9.81. The number of methoxy groups -OCH3 is 1. The summed E-state index contributed by atoms with van der Waals surface area (Å²) in [6.45, 7) is 2.91. The van der Waals surface area contributed by atoms with Gasteiger partial charge in [0.2, 0.25) is 11.8 Å². The van der Waals surface area contributed by atoms with Crippen molar-refractivity contribution in [1.29, 1.82) is 0 Å². The van der Waals surface area contributed by atoms with Crippen molar-refractivity contribution in [3.05, 3.63) is 35.9 Å². The van der Waals surface area contributed by atoms with Crippen molar-refractivity contribution in [2.24, 2.45) is 5.92 Å². The summed E-state index contributed by atoms with van der Waals surface area (Å²) in [5.41, 5.74) is 1.11. The van der Waals surface area contributed by atoms with Gasteiger partial charge in [0, 0.05) is 39.0 Å². The molecule has 1 saturated carbocycles. The van der Waals surface area contributed by atoms with E-state index >= 15 is 0 Å². The lowest BCUT2D eigenvalue weighted by Crippen LogP contribution is -2.70. The smallest absolute Gasteiger partial charge is 0.226 e. The van der Waals surface area contributed by atoms with E-state index in [0.29, 0.717) is 19.7 Å². The van der Waals surface area contributed by atoms with Gasteiger partial charge in [-0.3, -0.25) is 9.59 Å². The molecule has 0 aromatic heterocycles. The Kier molecular flexibility index (Phi) is 6.50. The van der Waals surface area contributed by atoms with Crippen LogP contribution in [0.4, 0.5) is 0 Å². The Labute approximate surface area is 161 Å². The molecule has 2 fully saturated rings. The van der Waals surface area contributed by atoms with Gasteiger partial charge in [0.1, 0.15) is 0 Å². The number of likely N-dealkylation sites (tertiary alicyclic amines) is 1. The highest BCUT2D eigenvalue weighted by molar-refractivity contribution is 5.82. The molecule has 2 amide bonds. The van der Waals surface area contributed by atoms with Gasteiger partial charge in [0.25, 0.3) is 0 Å². The number of hydrogen-bond acceptors (Lipinski definition) is 4. The van der Waals surface area contributed by atoms with E-state index in [1.165, 1.54) is 0 Å². The maximum Gasteiger partial charge on any atom is 0.226 e. The molecule has 0 unspecified atom stereocenters. The summed E-state index contributed by atoms with van der Waals surface area (Å²) in [5.74, 6) is 0.211. The molecule has 1 heterocycles. The molecule has 6 nitrogen and oxygen atoms in total. The molecular formula is C21H30N2O4. The van der Waals surface area contributed by atoms with Crippen LogP contribution in [-0.4, -0.2) is 72.2 Å². The van der Waals surface area contributed by atoms with Crippen LogP contribution in [0.2, 0.25) is 0 Å². The molecule has 1 aromatic rings. The SMILES string of the molecule is COCCN(C[C@@H]1[C@H](c2ccccc2)[C@@H](CO)N1C(=O)C1CCC1)C(C)=O. The van der Waals surface area contributed by atoms with Crippen LogP contribution in [0.1, 0.15) is 37.7 Å². The lowest BCUT2D eigenvalue weighted by Gasteiger charge is -2.57. The zero-order chi connectivity index (χ0) is 19.4. The summed E-state index contributed by atoms with van der Waals surface area (Å²) in [6.07, 6.45) is 2.95. The largest absolute Gasteiger partial charge is 0.394 e. The molecule has 0 spiro atoms. The average Bonchev–Trinajstić information content (AvgIpc) is 2.59. The Balaban J connectivity index is 1.84. The fourth-order valence-electron chi connectivity index (χ4n) is 4.27. The normalized spacial score (nSPS) is 24.9. The number of hydrogen-bond donors (Lipinski definition) is 1. The van der Waals surface area contributed by atoms with Crippen LogP contribution in [0.15, 0.2) is 30.3 Å². The standard InChI is InChI=1S/C21H30N2O4/c1-15(25)22(11-12-27-2)13-18-20(16-7-4-3-5-8-16)19(14-24)23(18)21(26)17-9-6-10-17/h3-5,7-8,17-20,24H,6,9-14H2,1-2H3/t18-,19-,20+/m1/s1. The lowest BCUT2D eigenvalue weighted by atomic mass is 9.72. The molecular weight excluding hydrogens is 344 g/mol. The molecule has 1 N–H and O–H groups in total. The Morgan fingerprint density at radius 3 is 2.44 bits per heavy atom. The summed E-state index contributed by atoms with van der Waals surface area (Å²) >= 11 is 0. The summed E-state index contributed by atoms with van der Waals surface area (Å²) in [7, 11) is 1.61. The average molecular weight is 374 g/mol. The fraction of sp³-hybridized carbons (Fsp3) is 0.619. The number of aliphatic hydroxyl groups excluding tert-OH is 1. The van der Waals surface area contributed by atoms with Gasteiger partial charge >= 0.3 is 0 Å². The minimum Gasteiger partial charge on any atom is -0.394 e. The molecule has 3 atom stereocenters. The number of nitrogens with zero attached hydrogens (tertiary/aromatic N) is 2. The molecule has 1 aromatic carbocycles. The first-order chi connectivity index (χ1) is 13.1. The highest BCUT2D eigenvalue weighted by Crippen LogP contribution is 2.43. The van der Waals surface area contributed by atoms with E-state index in [9.17, 15) is 14.7 Å². The number of carbonyl (C=O) groups excluding carboxylic acids is 2. The summed E-state index contributed by atoms with van der Waals surface area (Å²) in [5, 5.41) is 10.0. The van der Waals surface area contributed by atoms with Gasteiger partial charge in [-0.2, -0.15) is 0 Å². The molecule has 1 saturated heterocycles. The lowest BCUT2D eigenvalue weighted by molar-refractivity contribution is -0.161. The first-order valence-corrected chi connectivity index (χ1v) is 9.81. The fourth-order valence-corrected chi connectivity index (χ4v) is 4.27. The number of rotatable bonds is 8. The third-order valence-corrected chi connectivity index (χ3v) is 6.04. The van der Waals surface area contributed by atoms with Crippen LogP contribution in [0.3, 0.4) is 0 Å². The maximum atomic E-state index is 13.0. The summed E-state index contributed by atoms with van der Waals surface area (Å²) in [6, 6.07) is 9.66. The van der Waals surface area contributed by atoms with Gasteiger partial charge in [-0.25, -0.2) is 0 Å². The first kappa shape index (κ1) is 19.8. The Hall–Kier alpha value is -1.92. The molecule has 1 aliphatic carbocycles. The van der Waals surface area contributed by atoms with Crippen molar-refractivity contribution in [3.63, 3.8) is 0 Å². The van der Waals surface area contributed by atoms with Crippen LogP contribution in [0, 0.1) is 5.92 Å². The summed E-state index contributed by atoms with van der Waals surface area (Å²) < 4.78 is 5.13. The monoisotopic (exact) mass is 374 g/mol. The van der Waals surface area contributed by atoms with Crippen molar-refractivity contribution < 1.29 is 19.4 Å². The number of aliphatic hydroxyl groups is 1. The van der Waals surface area contributed by atoms with E-state index in [1.807, 2.05) is 35.2 Å². The van der Waals surface area contributed by atoms with Crippen LogP contribution in [0.25, 0.3) is 0 Å². The van der Waals surface area contributed by atoms with Crippen molar-refractivity contribution in [2.75, 3.05) is 33.4 Å². The third kappa shape index (κ3) is 4.01. The molecule has 1 aliphatic heterocycles. The van der Waals surface area contributed by atoms with Gasteiger partial charge in [0.05, 0.1) is 25.3 Å². The van der Waals surface area contributed by atoms with E-state index in [1.54, 1.807) is 18.9 Å². The second-order valence-corrected chi connectivity index (χ2v) is 7.58. The minimum atomic E-state index is -0.221. The molecule has 0 radical (unpaired) electrons. The van der Waals surface area contributed by atoms with E-state index in [0.717, 1.165) is 24.8 Å². The van der Waals surface area contributed by atoms with Crippen molar-refractivity contribution in [1.82, 2.24) is 9.80 Å². The molecule has 2 aliphatic rings.